The maximum Gasteiger partial charge on any atom is 0.240 e. The third-order valence-electron chi connectivity index (χ3n) is 5.12. The number of H-pyrrole nitrogens is 1. The Morgan fingerprint density at radius 1 is 1.27 bits per heavy atom. The lowest BCUT2D eigenvalue weighted by molar-refractivity contribution is -0.122. The molecule has 1 aromatic carbocycles. The summed E-state index contributed by atoms with van der Waals surface area (Å²) in [5.41, 5.74) is 1.39. The van der Waals surface area contributed by atoms with Crippen molar-refractivity contribution < 1.29 is 4.79 Å². The first-order valence-electron chi connectivity index (χ1n) is 8.69. The first-order valence-corrected chi connectivity index (χ1v) is 9.98. The number of carbonyl (C=O) groups is 1. The van der Waals surface area contributed by atoms with E-state index in [1.165, 1.54) is 12.0 Å². The smallest absolute Gasteiger partial charge is 0.240 e. The van der Waals surface area contributed by atoms with Gasteiger partial charge in [0, 0.05) is 12.0 Å². The van der Waals surface area contributed by atoms with Crippen LogP contribution in [0.2, 0.25) is 0 Å². The van der Waals surface area contributed by atoms with Gasteiger partial charge in [0.05, 0.1) is 4.88 Å². The number of nitrogens with zero attached hydrogens (tertiary/aromatic N) is 2. The summed E-state index contributed by atoms with van der Waals surface area (Å²) in [5.74, 6) is 0.670. The van der Waals surface area contributed by atoms with Gasteiger partial charge in [0.15, 0.2) is 10.6 Å². The van der Waals surface area contributed by atoms with Crippen molar-refractivity contribution in [1.82, 2.24) is 20.1 Å². The zero-order chi connectivity index (χ0) is 18.0. The summed E-state index contributed by atoms with van der Waals surface area (Å²) < 4.78 is 2.22. The minimum atomic E-state index is -0.0393. The van der Waals surface area contributed by atoms with Crippen molar-refractivity contribution in [3.63, 3.8) is 0 Å². The van der Waals surface area contributed by atoms with E-state index < -0.39 is 0 Å². The molecule has 2 N–H and O–H groups in total. The number of hydrogen-bond donors (Lipinski definition) is 2. The lowest BCUT2D eigenvalue weighted by Crippen LogP contribution is -2.46. The van der Waals surface area contributed by atoms with Gasteiger partial charge in [-0.25, -0.2) is 0 Å². The number of hydrogen-bond acceptors (Lipinski definition) is 4. The van der Waals surface area contributed by atoms with Crippen LogP contribution in [-0.2, 0) is 16.8 Å². The number of nitrogens with one attached hydrogen (secondary N) is 2. The summed E-state index contributed by atoms with van der Waals surface area (Å²) in [5, 5.41) is 12.2. The SMILES string of the molecule is O=C(Cn1c(-c2cccs2)n[nH]c1=S)NCC1(c2ccccc2)CCC1. The Hall–Kier alpha value is -2.25. The number of thiophene rings is 1. The zero-order valence-electron chi connectivity index (χ0n) is 14.3. The number of aromatic amines is 1. The highest BCUT2D eigenvalue weighted by molar-refractivity contribution is 7.71. The fraction of sp³-hybridized carbons (Fsp3) is 0.316. The Kier molecular flexibility index (Phi) is 4.74. The summed E-state index contributed by atoms with van der Waals surface area (Å²) in [6.45, 7) is 0.836. The second-order valence-electron chi connectivity index (χ2n) is 6.69. The van der Waals surface area contributed by atoms with Crippen molar-refractivity contribution in [2.75, 3.05) is 6.54 Å². The molecule has 0 atom stereocenters. The van der Waals surface area contributed by atoms with Crippen molar-refractivity contribution in [2.45, 2.75) is 31.2 Å². The Morgan fingerprint density at radius 2 is 2.08 bits per heavy atom. The van der Waals surface area contributed by atoms with E-state index in [1.807, 2.05) is 23.6 Å². The van der Waals surface area contributed by atoms with Crippen LogP contribution >= 0.6 is 23.6 Å². The van der Waals surface area contributed by atoms with Crippen LogP contribution in [0.25, 0.3) is 10.7 Å². The zero-order valence-corrected chi connectivity index (χ0v) is 15.9. The molecule has 1 amide bonds. The largest absolute Gasteiger partial charge is 0.354 e. The summed E-state index contributed by atoms with van der Waals surface area (Å²) in [6.07, 6.45) is 3.44. The molecule has 0 spiro atoms. The number of carbonyl (C=O) groups excluding carboxylic acids is 1. The molecular formula is C19H20N4OS2. The molecular weight excluding hydrogens is 364 g/mol. The molecule has 0 aliphatic heterocycles. The van der Waals surface area contributed by atoms with Gasteiger partial charge in [-0.3, -0.25) is 14.5 Å². The molecule has 0 unspecified atom stereocenters. The maximum absolute atomic E-state index is 12.6. The molecule has 0 saturated heterocycles. The van der Waals surface area contributed by atoms with Gasteiger partial charge in [-0.05, 0) is 42.1 Å². The van der Waals surface area contributed by atoms with Crippen molar-refractivity contribution in [1.29, 1.82) is 0 Å². The first-order chi connectivity index (χ1) is 12.7. The van der Waals surface area contributed by atoms with E-state index in [4.69, 9.17) is 12.2 Å². The third-order valence-corrected chi connectivity index (χ3v) is 6.30. The Balaban J connectivity index is 1.46. The van der Waals surface area contributed by atoms with Gasteiger partial charge in [-0.15, -0.1) is 11.3 Å². The van der Waals surface area contributed by atoms with Crippen LogP contribution in [0.1, 0.15) is 24.8 Å². The minimum Gasteiger partial charge on any atom is -0.354 e. The molecule has 0 bridgehead atoms. The van der Waals surface area contributed by atoms with Crippen molar-refractivity contribution in [2.24, 2.45) is 0 Å². The summed E-state index contributed by atoms with van der Waals surface area (Å²) in [7, 11) is 0. The first kappa shape index (κ1) is 17.2. The fourth-order valence-corrected chi connectivity index (χ4v) is 4.41. The molecule has 7 heteroatoms. The highest BCUT2D eigenvalue weighted by atomic mass is 32.1. The summed E-state index contributed by atoms with van der Waals surface area (Å²) in [6, 6.07) is 14.4. The molecule has 1 aliphatic carbocycles. The average molecular weight is 385 g/mol. The van der Waals surface area contributed by atoms with Gasteiger partial charge in [0.25, 0.3) is 0 Å². The summed E-state index contributed by atoms with van der Waals surface area (Å²) in [4.78, 5) is 13.6. The quantitative estimate of drug-likeness (QED) is 0.634. The van der Waals surface area contributed by atoms with Crippen molar-refractivity contribution in [3.05, 3.63) is 58.2 Å². The Labute approximate surface area is 161 Å². The van der Waals surface area contributed by atoms with Gasteiger partial charge in [-0.2, -0.15) is 5.10 Å². The Bertz CT molecular complexity index is 940. The van der Waals surface area contributed by atoms with E-state index in [0.717, 1.165) is 17.7 Å². The van der Waals surface area contributed by atoms with Gasteiger partial charge in [-0.1, -0.05) is 42.8 Å². The summed E-state index contributed by atoms with van der Waals surface area (Å²) >= 11 is 6.88. The van der Waals surface area contributed by atoms with Crippen LogP contribution in [-0.4, -0.2) is 27.2 Å². The van der Waals surface area contributed by atoms with Crippen LogP contribution < -0.4 is 5.32 Å². The fourth-order valence-electron chi connectivity index (χ4n) is 3.49. The molecule has 134 valence electrons. The van der Waals surface area contributed by atoms with Gasteiger partial charge < -0.3 is 5.32 Å². The number of aromatic nitrogens is 3. The molecule has 1 saturated carbocycles. The second-order valence-corrected chi connectivity index (χ2v) is 8.03. The van der Waals surface area contributed by atoms with E-state index in [9.17, 15) is 4.79 Å². The van der Waals surface area contributed by atoms with Crippen molar-refractivity contribution in [3.8, 4) is 10.7 Å². The molecule has 0 radical (unpaired) electrons. The second kappa shape index (κ2) is 7.17. The molecule has 2 aromatic heterocycles. The van der Waals surface area contributed by atoms with E-state index >= 15 is 0 Å². The normalized spacial score (nSPS) is 15.4. The van der Waals surface area contributed by atoms with Crippen LogP contribution in [0.4, 0.5) is 0 Å². The third kappa shape index (κ3) is 3.24. The standard InChI is InChI=1S/C19H20N4OS2/c24-16(12-23-17(21-22-18(23)25)15-8-4-11-26-15)20-13-19(9-5-10-19)14-6-2-1-3-7-14/h1-4,6-8,11H,5,9-10,12-13H2,(H,20,24)(H,22,25). The Morgan fingerprint density at radius 3 is 2.73 bits per heavy atom. The molecule has 5 nitrogen and oxygen atoms in total. The van der Waals surface area contributed by atoms with Gasteiger partial charge in [0.1, 0.15) is 6.54 Å². The van der Waals surface area contributed by atoms with E-state index in [0.29, 0.717) is 17.1 Å². The number of rotatable bonds is 6. The molecule has 3 aromatic rings. The van der Waals surface area contributed by atoms with Crippen LogP contribution in [0.5, 0.6) is 0 Å². The lowest BCUT2D eigenvalue weighted by Gasteiger charge is -2.42. The van der Waals surface area contributed by atoms with E-state index in [1.54, 1.807) is 15.9 Å². The molecule has 1 fully saturated rings. The minimum absolute atomic E-state index is 0.0393. The molecule has 26 heavy (non-hydrogen) atoms. The lowest BCUT2D eigenvalue weighted by atomic mass is 9.64. The monoisotopic (exact) mass is 384 g/mol. The molecule has 1 aliphatic rings. The predicted molar refractivity (Wildman–Crippen MR) is 106 cm³/mol. The molecule has 4 rings (SSSR count). The van der Waals surface area contributed by atoms with E-state index in [-0.39, 0.29) is 17.9 Å². The average Bonchev–Trinajstić information content (AvgIpc) is 3.26. The maximum atomic E-state index is 12.6. The highest BCUT2D eigenvalue weighted by Gasteiger charge is 2.38. The van der Waals surface area contributed by atoms with Crippen LogP contribution in [0, 0.1) is 4.77 Å². The van der Waals surface area contributed by atoms with Crippen molar-refractivity contribution >= 4 is 29.5 Å². The highest BCUT2D eigenvalue weighted by Crippen LogP contribution is 2.43. The molecule has 2 heterocycles. The van der Waals surface area contributed by atoms with Crippen LogP contribution in [0.15, 0.2) is 47.8 Å². The van der Waals surface area contributed by atoms with Crippen LogP contribution in [0.3, 0.4) is 0 Å². The predicted octanol–water partition coefficient (Wildman–Crippen LogP) is 3.91. The van der Waals surface area contributed by atoms with Gasteiger partial charge in [0.2, 0.25) is 5.91 Å². The number of benzene rings is 1. The topological polar surface area (TPSA) is 62.7 Å². The number of amides is 1. The van der Waals surface area contributed by atoms with E-state index in [2.05, 4.69) is 39.8 Å². The van der Waals surface area contributed by atoms with Gasteiger partial charge >= 0.3 is 0 Å².